The zero-order valence-corrected chi connectivity index (χ0v) is 20.3. The van der Waals surface area contributed by atoms with Crippen LogP contribution in [0.25, 0.3) is 0 Å². The smallest absolute Gasteiger partial charge is 0.221 e. The first kappa shape index (κ1) is 23.7. The van der Waals surface area contributed by atoms with Crippen molar-refractivity contribution in [1.29, 1.82) is 0 Å². The molecular formula is C26H28FN3O4S. The second-order valence-electron chi connectivity index (χ2n) is 8.70. The van der Waals surface area contributed by atoms with Crippen molar-refractivity contribution in [2.75, 3.05) is 44.7 Å². The first-order valence-electron chi connectivity index (χ1n) is 11.6. The summed E-state index contributed by atoms with van der Waals surface area (Å²) in [5, 5.41) is 0.846. The summed E-state index contributed by atoms with van der Waals surface area (Å²) in [5.74, 6) is 1.04. The van der Waals surface area contributed by atoms with Crippen molar-refractivity contribution in [1.82, 2.24) is 9.37 Å². The summed E-state index contributed by atoms with van der Waals surface area (Å²) in [7, 11) is -1.92. The van der Waals surface area contributed by atoms with Crippen LogP contribution in [0.15, 0.2) is 78.9 Å². The van der Waals surface area contributed by atoms with E-state index in [0.29, 0.717) is 43.4 Å². The van der Waals surface area contributed by atoms with Crippen LogP contribution in [0.4, 0.5) is 10.1 Å². The highest BCUT2D eigenvalue weighted by Gasteiger charge is 2.46. The second kappa shape index (κ2) is 9.94. The molecule has 0 amide bonds. The predicted octanol–water partition coefficient (Wildman–Crippen LogP) is 4.06. The van der Waals surface area contributed by atoms with Gasteiger partial charge in [-0.3, -0.25) is 4.84 Å². The zero-order valence-electron chi connectivity index (χ0n) is 19.5. The van der Waals surface area contributed by atoms with Crippen molar-refractivity contribution >= 4 is 15.7 Å². The van der Waals surface area contributed by atoms with Crippen LogP contribution in [0.5, 0.6) is 11.5 Å². The lowest BCUT2D eigenvalue weighted by atomic mass is 10.0. The molecule has 2 saturated heterocycles. The number of sulfonamides is 1. The maximum absolute atomic E-state index is 14.2. The number of piperazine rings is 1. The molecule has 184 valence electrons. The van der Waals surface area contributed by atoms with Crippen LogP contribution >= 0.6 is 0 Å². The number of hydrogen-bond donors (Lipinski definition) is 0. The van der Waals surface area contributed by atoms with Crippen LogP contribution in [-0.4, -0.2) is 62.9 Å². The molecule has 0 aromatic heterocycles. The van der Waals surface area contributed by atoms with Gasteiger partial charge in [0.15, 0.2) is 0 Å². The number of rotatable bonds is 6. The van der Waals surface area contributed by atoms with E-state index in [2.05, 4.69) is 0 Å². The normalized spacial score (nSPS) is 21.8. The van der Waals surface area contributed by atoms with E-state index in [-0.39, 0.29) is 12.4 Å². The third kappa shape index (κ3) is 4.90. The molecule has 3 aromatic carbocycles. The Morgan fingerprint density at radius 3 is 2.31 bits per heavy atom. The van der Waals surface area contributed by atoms with E-state index < -0.39 is 21.3 Å². The summed E-state index contributed by atoms with van der Waals surface area (Å²) >= 11 is 0. The summed E-state index contributed by atoms with van der Waals surface area (Å²) in [4.78, 5) is 7.59. The van der Waals surface area contributed by atoms with Gasteiger partial charge < -0.3 is 9.64 Å². The Hall–Kier alpha value is -2.98. The van der Waals surface area contributed by atoms with Crippen LogP contribution < -0.4 is 9.64 Å². The number of benzene rings is 3. The SMILES string of the molecule is CN1OC[C@H](S(=O)(=O)N2CCN(c3ccccc3F)CC2)[C@@H]1c1cccc(Oc2ccccc2)c1. The first-order chi connectivity index (χ1) is 16.9. The maximum Gasteiger partial charge on any atom is 0.221 e. The van der Waals surface area contributed by atoms with Crippen molar-refractivity contribution in [2.24, 2.45) is 0 Å². The maximum atomic E-state index is 14.2. The summed E-state index contributed by atoms with van der Waals surface area (Å²) in [6, 6.07) is 23.0. The van der Waals surface area contributed by atoms with E-state index in [0.717, 1.165) is 5.56 Å². The van der Waals surface area contributed by atoms with Gasteiger partial charge in [0.1, 0.15) is 22.6 Å². The molecule has 0 saturated carbocycles. The number of hydrogen-bond acceptors (Lipinski definition) is 6. The number of hydroxylamine groups is 2. The monoisotopic (exact) mass is 497 g/mol. The van der Waals surface area contributed by atoms with Crippen molar-refractivity contribution in [3.8, 4) is 11.5 Å². The van der Waals surface area contributed by atoms with Crippen LogP contribution in [0.3, 0.4) is 0 Å². The summed E-state index contributed by atoms with van der Waals surface area (Å²) in [5.41, 5.74) is 1.30. The number of nitrogens with zero attached hydrogens (tertiary/aromatic N) is 3. The minimum absolute atomic E-state index is 0.0702. The highest BCUT2D eigenvalue weighted by molar-refractivity contribution is 7.89. The second-order valence-corrected chi connectivity index (χ2v) is 10.8. The minimum Gasteiger partial charge on any atom is -0.457 e. The third-order valence-electron chi connectivity index (χ3n) is 6.54. The number of anilines is 1. The van der Waals surface area contributed by atoms with Crippen molar-refractivity contribution in [3.63, 3.8) is 0 Å². The molecule has 3 aromatic rings. The molecule has 0 radical (unpaired) electrons. The first-order valence-corrected chi connectivity index (χ1v) is 13.1. The molecule has 7 nitrogen and oxygen atoms in total. The molecule has 2 heterocycles. The quantitative estimate of drug-likeness (QED) is 0.512. The Morgan fingerprint density at radius 2 is 1.57 bits per heavy atom. The molecule has 0 bridgehead atoms. The lowest BCUT2D eigenvalue weighted by Crippen LogP contribution is -2.52. The van der Waals surface area contributed by atoms with Gasteiger partial charge in [-0.15, -0.1) is 0 Å². The van der Waals surface area contributed by atoms with Gasteiger partial charge in [-0.25, -0.2) is 12.8 Å². The lowest BCUT2D eigenvalue weighted by molar-refractivity contribution is -0.110. The number of ether oxygens (including phenoxy) is 1. The Balaban J connectivity index is 1.33. The third-order valence-corrected chi connectivity index (χ3v) is 8.78. The summed E-state index contributed by atoms with van der Waals surface area (Å²) in [6.45, 7) is 1.51. The Kier molecular flexibility index (Phi) is 6.75. The Bertz CT molecular complexity index is 1270. The van der Waals surface area contributed by atoms with Gasteiger partial charge >= 0.3 is 0 Å². The molecule has 2 aliphatic rings. The standard InChI is InChI=1S/C26H28FN3O4S/c1-28-26(20-8-7-11-22(18-20)34-21-9-3-2-4-10-21)25(19-33-28)35(31,32)30-16-14-29(15-17-30)24-13-6-5-12-23(24)27/h2-13,18,25-26H,14-17,19H2,1H3/t25-,26-/m0/s1. The minimum atomic E-state index is -3.67. The van der Waals surface area contributed by atoms with Gasteiger partial charge in [-0.05, 0) is 42.0 Å². The molecule has 0 unspecified atom stereocenters. The van der Waals surface area contributed by atoms with E-state index in [4.69, 9.17) is 9.57 Å². The van der Waals surface area contributed by atoms with Crippen LogP contribution in [-0.2, 0) is 14.9 Å². The fourth-order valence-corrected chi connectivity index (χ4v) is 6.68. The van der Waals surface area contributed by atoms with Crippen molar-refractivity contribution in [3.05, 3.63) is 90.2 Å². The Labute approximate surface area is 205 Å². The van der Waals surface area contributed by atoms with E-state index in [1.807, 2.05) is 59.5 Å². The Morgan fingerprint density at radius 1 is 0.886 bits per heavy atom. The van der Waals surface area contributed by atoms with Crippen LogP contribution in [0.2, 0.25) is 0 Å². The molecule has 0 N–H and O–H groups in total. The van der Waals surface area contributed by atoms with Crippen molar-refractivity contribution < 1.29 is 22.4 Å². The van der Waals surface area contributed by atoms with Crippen molar-refractivity contribution in [2.45, 2.75) is 11.3 Å². The fourth-order valence-electron chi connectivity index (χ4n) is 4.74. The highest BCUT2D eigenvalue weighted by atomic mass is 32.2. The van der Waals surface area contributed by atoms with Crippen LogP contribution in [0.1, 0.15) is 11.6 Å². The topological polar surface area (TPSA) is 62.3 Å². The largest absolute Gasteiger partial charge is 0.457 e. The molecule has 0 spiro atoms. The van der Waals surface area contributed by atoms with E-state index >= 15 is 0 Å². The molecular weight excluding hydrogens is 469 g/mol. The van der Waals surface area contributed by atoms with E-state index in [1.54, 1.807) is 30.3 Å². The molecule has 0 aliphatic carbocycles. The predicted molar refractivity (Wildman–Crippen MR) is 132 cm³/mol. The molecule has 35 heavy (non-hydrogen) atoms. The van der Waals surface area contributed by atoms with Gasteiger partial charge in [0.05, 0.1) is 18.3 Å². The highest BCUT2D eigenvalue weighted by Crippen LogP contribution is 2.37. The van der Waals surface area contributed by atoms with E-state index in [1.165, 1.54) is 10.4 Å². The molecule has 2 aliphatic heterocycles. The van der Waals surface area contributed by atoms with Crippen LogP contribution in [0, 0.1) is 5.82 Å². The van der Waals surface area contributed by atoms with Gasteiger partial charge in [-0.2, -0.15) is 9.37 Å². The molecule has 9 heteroatoms. The molecule has 2 atom stereocenters. The summed E-state index contributed by atoms with van der Waals surface area (Å²) < 4.78 is 49.1. The van der Waals surface area contributed by atoms with E-state index in [9.17, 15) is 12.8 Å². The summed E-state index contributed by atoms with van der Waals surface area (Å²) in [6.07, 6.45) is 0. The fraction of sp³-hybridized carbons (Fsp3) is 0.308. The molecule has 2 fully saturated rings. The zero-order chi connectivity index (χ0) is 24.4. The van der Waals surface area contributed by atoms with Gasteiger partial charge in [0.2, 0.25) is 10.0 Å². The molecule has 5 rings (SSSR count). The average Bonchev–Trinajstić information content (AvgIpc) is 3.27. The van der Waals surface area contributed by atoms with Gasteiger partial charge in [-0.1, -0.05) is 42.5 Å². The average molecular weight is 498 g/mol. The number of para-hydroxylation sites is 2. The van der Waals surface area contributed by atoms with Gasteiger partial charge in [0.25, 0.3) is 0 Å². The van der Waals surface area contributed by atoms with Gasteiger partial charge in [0, 0.05) is 33.2 Å². The lowest BCUT2D eigenvalue weighted by Gasteiger charge is -2.37. The number of halogens is 1.